The van der Waals surface area contributed by atoms with E-state index in [0.29, 0.717) is 0 Å². The fourth-order valence-corrected chi connectivity index (χ4v) is 2.58. The largest absolute Gasteiger partial charge is 0.494 e. The van der Waals surface area contributed by atoms with Gasteiger partial charge in [0.15, 0.2) is 23.1 Å². The van der Waals surface area contributed by atoms with E-state index in [1.807, 2.05) is 0 Å². The molecule has 0 radical (unpaired) electrons. The molecule has 1 heterocycles. The van der Waals surface area contributed by atoms with E-state index in [1.54, 1.807) is 0 Å². The van der Waals surface area contributed by atoms with Gasteiger partial charge in [0.05, 0.1) is 23.5 Å². The summed E-state index contributed by atoms with van der Waals surface area (Å²) >= 11 is 5.72. The first-order valence-corrected chi connectivity index (χ1v) is 7.63. The smallest absolute Gasteiger partial charge is 0.356 e. The third kappa shape index (κ3) is 3.21. The Morgan fingerprint density at radius 3 is 2.41 bits per heavy atom. The summed E-state index contributed by atoms with van der Waals surface area (Å²) in [5.41, 5.74) is -1.17. The van der Waals surface area contributed by atoms with Crippen LogP contribution in [0.25, 0.3) is 16.9 Å². The van der Waals surface area contributed by atoms with E-state index in [0.717, 1.165) is 36.1 Å². The summed E-state index contributed by atoms with van der Waals surface area (Å²) in [7, 11) is 1.05. The van der Waals surface area contributed by atoms with Gasteiger partial charge in [0, 0.05) is 5.56 Å². The fraction of sp³-hybridized carbons (Fsp3) is 0.0588. The van der Waals surface area contributed by atoms with Crippen LogP contribution in [0.3, 0.4) is 0 Å². The maximum absolute atomic E-state index is 14.4. The Morgan fingerprint density at radius 2 is 1.81 bits per heavy atom. The number of aromatic carboxylic acids is 1. The molecule has 2 aromatic carbocycles. The Morgan fingerprint density at radius 1 is 1.11 bits per heavy atom. The molecule has 5 nitrogen and oxygen atoms in total. The van der Waals surface area contributed by atoms with E-state index >= 15 is 0 Å². The van der Waals surface area contributed by atoms with E-state index in [1.165, 1.54) is 6.07 Å². The van der Waals surface area contributed by atoms with Gasteiger partial charge in [-0.05, 0) is 30.3 Å². The van der Waals surface area contributed by atoms with Crippen molar-refractivity contribution in [3.63, 3.8) is 0 Å². The lowest BCUT2D eigenvalue weighted by Crippen LogP contribution is -2.05. The minimum absolute atomic E-state index is 0.0759. The number of benzene rings is 2. The lowest BCUT2D eigenvalue weighted by atomic mass is 10.1. The maximum Gasteiger partial charge on any atom is 0.356 e. The molecule has 0 atom stereocenters. The van der Waals surface area contributed by atoms with Gasteiger partial charge in [-0.3, -0.25) is 0 Å². The number of carboxylic acid groups (broad SMARTS) is 1. The molecule has 0 spiro atoms. The molecular formula is C17H9ClF4N2O3. The van der Waals surface area contributed by atoms with Gasteiger partial charge >= 0.3 is 5.97 Å². The molecule has 0 amide bonds. The fourth-order valence-electron chi connectivity index (χ4n) is 2.41. The van der Waals surface area contributed by atoms with Crippen molar-refractivity contribution in [1.29, 1.82) is 0 Å². The van der Waals surface area contributed by atoms with Crippen LogP contribution in [-0.2, 0) is 0 Å². The molecule has 10 heteroatoms. The van der Waals surface area contributed by atoms with Gasteiger partial charge in [-0.25, -0.2) is 22.6 Å². The van der Waals surface area contributed by atoms with E-state index in [-0.39, 0.29) is 16.4 Å². The lowest BCUT2D eigenvalue weighted by Gasteiger charge is -2.11. The molecule has 0 saturated carbocycles. The molecule has 3 rings (SSSR count). The van der Waals surface area contributed by atoms with Crippen LogP contribution >= 0.6 is 11.6 Å². The van der Waals surface area contributed by atoms with Gasteiger partial charge in [-0.1, -0.05) is 11.6 Å². The van der Waals surface area contributed by atoms with Gasteiger partial charge in [-0.15, -0.1) is 0 Å². The highest BCUT2D eigenvalue weighted by Gasteiger charge is 2.25. The summed E-state index contributed by atoms with van der Waals surface area (Å²) in [6, 6.07) is 5.13. The number of rotatable bonds is 4. The number of nitrogens with zero attached hydrogens (tertiary/aromatic N) is 2. The standard InChI is InChI=1S/C17H9ClF4N2O3/c1-27-13-5-8(14(20)16(22)15(13)21)12-6-11(17(25)26)23-24(12)7-2-3-10(19)9(18)4-7/h2-6H,1H3,(H,25,26). The van der Waals surface area contributed by atoms with Crippen LogP contribution in [0.5, 0.6) is 5.75 Å². The van der Waals surface area contributed by atoms with Gasteiger partial charge in [0.25, 0.3) is 0 Å². The van der Waals surface area contributed by atoms with Crippen LogP contribution in [0.1, 0.15) is 10.5 Å². The van der Waals surface area contributed by atoms with Crippen LogP contribution in [0.2, 0.25) is 5.02 Å². The minimum atomic E-state index is -1.80. The third-order valence-corrected chi connectivity index (χ3v) is 3.98. The second kappa shape index (κ2) is 6.92. The number of hydrogen-bond acceptors (Lipinski definition) is 3. The normalized spacial score (nSPS) is 10.9. The molecule has 27 heavy (non-hydrogen) atoms. The maximum atomic E-state index is 14.4. The summed E-state index contributed by atoms with van der Waals surface area (Å²) in [6.07, 6.45) is 0. The van der Waals surface area contributed by atoms with Gasteiger partial charge < -0.3 is 9.84 Å². The first kappa shape index (κ1) is 18.7. The Balaban J connectivity index is 2.32. The van der Waals surface area contributed by atoms with E-state index in [2.05, 4.69) is 9.84 Å². The van der Waals surface area contributed by atoms with E-state index in [9.17, 15) is 22.4 Å². The highest BCUT2D eigenvalue weighted by atomic mass is 35.5. The van der Waals surface area contributed by atoms with Crippen LogP contribution < -0.4 is 4.74 Å². The van der Waals surface area contributed by atoms with Crippen LogP contribution in [0, 0.1) is 23.3 Å². The van der Waals surface area contributed by atoms with Crippen molar-refractivity contribution in [3.8, 4) is 22.7 Å². The van der Waals surface area contributed by atoms with Crippen molar-refractivity contribution in [2.24, 2.45) is 0 Å². The zero-order valence-corrected chi connectivity index (χ0v) is 14.2. The molecule has 0 saturated heterocycles. The van der Waals surface area contributed by atoms with Gasteiger partial charge in [-0.2, -0.15) is 9.49 Å². The molecule has 0 unspecified atom stereocenters. The molecule has 3 aromatic rings. The highest BCUT2D eigenvalue weighted by molar-refractivity contribution is 6.30. The van der Waals surface area contributed by atoms with Crippen molar-refractivity contribution in [2.75, 3.05) is 7.11 Å². The molecule has 1 aromatic heterocycles. The van der Waals surface area contributed by atoms with Crippen LogP contribution in [0.15, 0.2) is 30.3 Å². The van der Waals surface area contributed by atoms with E-state index in [4.69, 9.17) is 16.7 Å². The number of hydrogen-bond donors (Lipinski definition) is 1. The third-order valence-electron chi connectivity index (χ3n) is 3.69. The second-order valence-corrected chi connectivity index (χ2v) is 5.71. The SMILES string of the molecule is COc1cc(-c2cc(C(=O)O)nn2-c2ccc(F)c(Cl)c2)c(F)c(F)c1F. The lowest BCUT2D eigenvalue weighted by molar-refractivity contribution is 0.0690. The summed E-state index contributed by atoms with van der Waals surface area (Å²) in [4.78, 5) is 11.3. The van der Waals surface area contributed by atoms with Gasteiger partial charge in [0.2, 0.25) is 5.82 Å². The van der Waals surface area contributed by atoms with E-state index < -0.39 is 46.2 Å². The molecule has 0 aliphatic heterocycles. The molecule has 0 bridgehead atoms. The number of methoxy groups -OCH3 is 1. The van der Waals surface area contributed by atoms with Crippen LogP contribution in [-0.4, -0.2) is 28.0 Å². The van der Waals surface area contributed by atoms with Crippen molar-refractivity contribution < 1.29 is 32.2 Å². The van der Waals surface area contributed by atoms with Crippen molar-refractivity contribution in [3.05, 3.63) is 64.3 Å². The highest BCUT2D eigenvalue weighted by Crippen LogP contribution is 2.34. The minimum Gasteiger partial charge on any atom is -0.494 e. The monoisotopic (exact) mass is 400 g/mol. The first-order chi connectivity index (χ1) is 12.7. The first-order valence-electron chi connectivity index (χ1n) is 7.25. The average Bonchev–Trinajstić information content (AvgIpc) is 3.08. The summed E-state index contributed by atoms with van der Waals surface area (Å²) in [6.45, 7) is 0. The number of aromatic nitrogens is 2. The molecule has 1 N–H and O–H groups in total. The molecule has 0 fully saturated rings. The quantitative estimate of drug-likeness (QED) is 0.519. The Kier molecular flexibility index (Phi) is 4.79. The number of carbonyl (C=O) groups is 1. The predicted octanol–water partition coefficient (Wildman–Crippen LogP) is 4.46. The molecular weight excluding hydrogens is 392 g/mol. The second-order valence-electron chi connectivity index (χ2n) is 5.30. The zero-order chi connectivity index (χ0) is 19.9. The van der Waals surface area contributed by atoms with Crippen molar-refractivity contribution >= 4 is 17.6 Å². The Hall–Kier alpha value is -3.07. The summed E-state index contributed by atoms with van der Waals surface area (Å²) in [5.74, 6) is -7.68. The number of carboxylic acids is 1. The molecule has 0 aliphatic carbocycles. The topological polar surface area (TPSA) is 64.3 Å². The Labute approximate surface area is 154 Å². The van der Waals surface area contributed by atoms with Crippen molar-refractivity contribution in [2.45, 2.75) is 0 Å². The number of ether oxygens (including phenoxy) is 1. The molecule has 0 aliphatic rings. The predicted molar refractivity (Wildman–Crippen MR) is 87.4 cm³/mol. The Bertz CT molecular complexity index is 1070. The van der Waals surface area contributed by atoms with Crippen LogP contribution in [0.4, 0.5) is 17.6 Å². The molecule has 140 valence electrons. The van der Waals surface area contributed by atoms with Crippen molar-refractivity contribution in [1.82, 2.24) is 9.78 Å². The average molecular weight is 401 g/mol. The van der Waals surface area contributed by atoms with Gasteiger partial charge in [0.1, 0.15) is 5.82 Å². The number of halogens is 5. The summed E-state index contributed by atoms with van der Waals surface area (Å²) < 4.78 is 61.0. The zero-order valence-electron chi connectivity index (χ0n) is 13.4. The summed E-state index contributed by atoms with van der Waals surface area (Å²) in [5, 5.41) is 12.7.